The molecule has 0 heterocycles. The van der Waals surface area contributed by atoms with Gasteiger partial charge in [-0.15, -0.1) is 0 Å². The van der Waals surface area contributed by atoms with Crippen LogP contribution in [-0.4, -0.2) is 5.91 Å². The van der Waals surface area contributed by atoms with Crippen LogP contribution in [0.1, 0.15) is 25.3 Å². The number of carbonyl (C=O) groups excluding carboxylic acids is 1. The van der Waals surface area contributed by atoms with Gasteiger partial charge in [0, 0.05) is 17.3 Å². The maximum absolute atomic E-state index is 11.8. The summed E-state index contributed by atoms with van der Waals surface area (Å²) < 4.78 is 0. The lowest BCUT2D eigenvalue weighted by Gasteiger charge is -2.12. The van der Waals surface area contributed by atoms with E-state index in [0.717, 1.165) is 16.9 Å². The number of hydrogen-bond donors (Lipinski definition) is 2. The Balaban J connectivity index is 2.02. The molecule has 1 aromatic rings. The topological polar surface area (TPSA) is 55.1 Å². The molecular formula is C13H18N2O. The van der Waals surface area contributed by atoms with Gasteiger partial charge in [-0.2, -0.15) is 0 Å². The number of rotatable bonds is 3. The van der Waals surface area contributed by atoms with E-state index < -0.39 is 0 Å². The monoisotopic (exact) mass is 218 g/mol. The summed E-state index contributed by atoms with van der Waals surface area (Å²) in [6.07, 6.45) is 2.37. The quantitative estimate of drug-likeness (QED) is 0.766. The molecular weight excluding hydrogens is 200 g/mol. The van der Waals surface area contributed by atoms with E-state index in [1.807, 2.05) is 32.0 Å². The van der Waals surface area contributed by atoms with Crippen molar-refractivity contribution in [3.8, 4) is 0 Å². The van der Waals surface area contributed by atoms with Crippen LogP contribution < -0.4 is 11.1 Å². The molecule has 0 aromatic heterocycles. The Morgan fingerprint density at radius 1 is 1.50 bits per heavy atom. The van der Waals surface area contributed by atoms with E-state index in [2.05, 4.69) is 5.32 Å². The molecule has 0 aliphatic heterocycles. The molecule has 0 bridgehead atoms. The smallest absolute Gasteiger partial charge is 0.227 e. The highest BCUT2D eigenvalue weighted by Gasteiger charge is 2.32. The van der Waals surface area contributed by atoms with Crippen molar-refractivity contribution in [3.05, 3.63) is 23.8 Å². The summed E-state index contributed by atoms with van der Waals surface area (Å²) in [5.41, 5.74) is 8.34. The highest BCUT2D eigenvalue weighted by molar-refractivity contribution is 5.93. The predicted molar refractivity (Wildman–Crippen MR) is 66.1 cm³/mol. The number of nitrogens with one attached hydrogen (secondary N) is 1. The standard InChI is InChI=1S/C13H18N2O/c1-8-3-6-11(7-12(8)14)15-13(16)9(2)10-4-5-10/h3,6-7,9-10H,4-5,14H2,1-2H3,(H,15,16). The van der Waals surface area contributed by atoms with Crippen LogP contribution in [0.2, 0.25) is 0 Å². The third kappa shape index (κ3) is 2.35. The second kappa shape index (κ2) is 4.16. The molecule has 1 aliphatic carbocycles. The minimum atomic E-state index is 0.103. The first kappa shape index (κ1) is 11.0. The Labute approximate surface area is 96.0 Å². The van der Waals surface area contributed by atoms with Crippen LogP contribution in [0.25, 0.3) is 0 Å². The zero-order valence-corrected chi connectivity index (χ0v) is 9.79. The summed E-state index contributed by atoms with van der Waals surface area (Å²) in [6, 6.07) is 5.63. The van der Waals surface area contributed by atoms with Crippen LogP contribution >= 0.6 is 0 Å². The lowest BCUT2D eigenvalue weighted by atomic mass is 10.1. The van der Waals surface area contributed by atoms with Crippen molar-refractivity contribution < 1.29 is 4.79 Å². The van der Waals surface area contributed by atoms with E-state index in [-0.39, 0.29) is 11.8 Å². The van der Waals surface area contributed by atoms with E-state index in [0.29, 0.717) is 5.92 Å². The first-order valence-corrected chi connectivity index (χ1v) is 5.75. The van der Waals surface area contributed by atoms with Gasteiger partial charge in [-0.1, -0.05) is 13.0 Å². The number of benzene rings is 1. The van der Waals surface area contributed by atoms with Crippen LogP contribution in [0.4, 0.5) is 11.4 Å². The van der Waals surface area contributed by atoms with Gasteiger partial charge in [0.2, 0.25) is 5.91 Å². The minimum absolute atomic E-state index is 0.103. The first-order valence-electron chi connectivity index (χ1n) is 5.75. The Bertz CT molecular complexity index is 410. The second-order valence-electron chi connectivity index (χ2n) is 4.69. The fraction of sp³-hybridized carbons (Fsp3) is 0.462. The van der Waals surface area contributed by atoms with E-state index in [4.69, 9.17) is 5.73 Å². The summed E-state index contributed by atoms with van der Waals surface area (Å²) in [6.45, 7) is 3.94. The van der Waals surface area contributed by atoms with Gasteiger partial charge in [0.05, 0.1) is 0 Å². The fourth-order valence-corrected chi connectivity index (χ4v) is 1.78. The number of amides is 1. The molecule has 3 N–H and O–H groups in total. The van der Waals surface area contributed by atoms with Gasteiger partial charge >= 0.3 is 0 Å². The zero-order valence-electron chi connectivity index (χ0n) is 9.79. The number of nitrogen functional groups attached to an aromatic ring is 1. The van der Waals surface area contributed by atoms with Gasteiger partial charge in [0.25, 0.3) is 0 Å². The van der Waals surface area contributed by atoms with Crippen LogP contribution in [-0.2, 0) is 4.79 Å². The van der Waals surface area contributed by atoms with Gasteiger partial charge in [-0.05, 0) is 43.4 Å². The van der Waals surface area contributed by atoms with Crippen LogP contribution in [0.15, 0.2) is 18.2 Å². The SMILES string of the molecule is Cc1ccc(NC(=O)C(C)C2CC2)cc1N. The molecule has 2 rings (SSSR count). The third-order valence-corrected chi connectivity index (χ3v) is 3.29. The van der Waals surface area contributed by atoms with Crippen molar-refractivity contribution in [1.82, 2.24) is 0 Å². The molecule has 3 nitrogen and oxygen atoms in total. The molecule has 0 saturated heterocycles. The highest BCUT2D eigenvalue weighted by Crippen LogP contribution is 2.37. The molecule has 0 radical (unpaired) electrons. The van der Waals surface area contributed by atoms with Gasteiger partial charge in [0.15, 0.2) is 0 Å². The molecule has 0 spiro atoms. The van der Waals surface area contributed by atoms with E-state index >= 15 is 0 Å². The van der Waals surface area contributed by atoms with Crippen molar-refractivity contribution in [2.75, 3.05) is 11.1 Å². The average Bonchev–Trinajstić information content (AvgIpc) is 3.06. The Morgan fingerprint density at radius 2 is 2.19 bits per heavy atom. The molecule has 1 fully saturated rings. The Hall–Kier alpha value is -1.51. The normalized spacial score (nSPS) is 16.9. The third-order valence-electron chi connectivity index (χ3n) is 3.29. The highest BCUT2D eigenvalue weighted by atomic mass is 16.1. The van der Waals surface area contributed by atoms with Gasteiger partial charge in [-0.3, -0.25) is 4.79 Å². The predicted octanol–water partition coefficient (Wildman–Crippen LogP) is 2.56. The number of carbonyl (C=O) groups is 1. The van der Waals surface area contributed by atoms with Crippen molar-refractivity contribution in [1.29, 1.82) is 0 Å². The average molecular weight is 218 g/mol. The van der Waals surface area contributed by atoms with E-state index in [9.17, 15) is 4.79 Å². The number of nitrogens with two attached hydrogens (primary N) is 1. The van der Waals surface area contributed by atoms with Gasteiger partial charge in [-0.25, -0.2) is 0 Å². The van der Waals surface area contributed by atoms with Crippen molar-refractivity contribution in [2.45, 2.75) is 26.7 Å². The van der Waals surface area contributed by atoms with Gasteiger partial charge < -0.3 is 11.1 Å². The lowest BCUT2D eigenvalue weighted by Crippen LogP contribution is -2.21. The van der Waals surface area contributed by atoms with E-state index in [1.54, 1.807) is 0 Å². The summed E-state index contributed by atoms with van der Waals surface area (Å²) >= 11 is 0. The minimum Gasteiger partial charge on any atom is -0.398 e. The van der Waals surface area contributed by atoms with Crippen molar-refractivity contribution >= 4 is 17.3 Å². The lowest BCUT2D eigenvalue weighted by molar-refractivity contribution is -0.119. The fourth-order valence-electron chi connectivity index (χ4n) is 1.78. The van der Waals surface area contributed by atoms with E-state index in [1.165, 1.54) is 12.8 Å². The van der Waals surface area contributed by atoms with Gasteiger partial charge in [0.1, 0.15) is 0 Å². The number of aryl methyl sites for hydroxylation is 1. The van der Waals surface area contributed by atoms with Crippen LogP contribution in [0.3, 0.4) is 0 Å². The number of anilines is 2. The molecule has 86 valence electrons. The molecule has 1 unspecified atom stereocenters. The maximum atomic E-state index is 11.8. The maximum Gasteiger partial charge on any atom is 0.227 e. The summed E-state index contributed by atoms with van der Waals surface area (Å²) in [5, 5.41) is 2.91. The van der Waals surface area contributed by atoms with Crippen LogP contribution in [0.5, 0.6) is 0 Å². The zero-order chi connectivity index (χ0) is 11.7. The summed E-state index contributed by atoms with van der Waals surface area (Å²) in [5.74, 6) is 0.802. The molecule has 1 aromatic carbocycles. The Morgan fingerprint density at radius 3 is 2.75 bits per heavy atom. The molecule has 1 saturated carbocycles. The second-order valence-corrected chi connectivity index (χ2v) is 4.69. The number of hydrogen-bond acceptors (Lipinski definition) is 2. The molecule has 1 aliphatic rings. The van der Waals surface area contributed by atoms with Crippen LogP contribution in [0, 0.1) is 18.8 Å². The molecule has 16 heavy (non-hydrogen) atoms. The summed E-state index contributed by atoms with van der Waals surface area (Å²) in [7, 11) is 0. The summed E-state index contributed by atoms with van der Waals surface area (Å²) in [4.78, 5) is 11.8. The largest absolute Gasteiger partial charge is 0.398 e. The van der Waals surface area contributed by atoms with Crippen molar-refractivity contribution in [2.24, 2.45) is 11.8 Å². The molecule has 3 heteroatoms. The molecule has 1 atom stereocenters. The molecule has 1 amide bonds. The van der Waals surface area contributed by atoms with Crippen molar-refractivity contribution in [3.63, 3.8) is 0 Å². The Kier molecular flexibility index (Phi) is 2.86. The first-order chi connectivity index (χ1) is 7.58.